The first-order valence-corrected chi connectivity index (χ1v) is 5.28. The van der Waals surface area contributed by atoms with Crippen LogP contribution >= 0.6 is 0 Å². The van der Waals surface area contributed by atoms with Gasteiger partial charge < -0.3 is 9.52 Å². The number of carboxylic acids is 1. The number of hydrogen-bond acceptors (Lipinski definition) is 4. The maximum atomic E-state index is 11.3. The predicted octanol–water partition coefficient (Wildman–Crippen LogP) is 0.276. The molecule has 6 nitrogen and oxygen atoms in total. The molecule has 0 saturated heterocycles. The van der Waals surface area contributed by atoms with Gasteiger partial charge in [0.2, 0.25) is 10.9 Å². The van der Waals surface area contributed by atoms with Crippen LogP contribution in [-0.2, 0) is 10.0 Å². The smallest absolute Gasteiger partial charge is 0.371 e. The van der Waals surface area contributed by atoms with Crippen LogP contribution in [0, 0.1) is 0 Å². The Bertz CT molecular complexity index is 433. The molecule has 78 valence electrons. The second-order valence-corrected chi connectivity index (χ2v) is 4.12. The summed E-state index contributed by atoms with van der Waals surface area (Å²) >= 11 is 0. The molecule has 0 aromatic carbocycles. The van der Waals surface area contributed by atoms with E-state index in [4.69, 9.17) is 5.11 Å². The molecule has 0 spiro atoms. The van der Waals surface area contributed by atoms with Gasteiger partial charge in [-0.2, -0.15) is 0 Å². The number of aromatic carboxylic acids is 1. The summed E-state index contributed by atoms with van der Waals surface area (Å²) in [4.78, 5) is 10.4. The van der Waals surface area contributed by atoms with Gasteiger partial charge in [0.15, 0.2) is 0 Å². The highest BCUT2D eigenvalue weighted by molar-refractivity contribution is 7.89. The SMILES string of the molecule is CCNS(=O)(=O)c1ccc(C(=O)O)o1. The highest BCUT2D eigenvalue weighted by atomic mass is 32.2. The summed E-state index contributed by atoms with van der Waals surface area (Å²) in [5.41, 5.74) is 0. The highest BCUT2D eigenvalue weighted by Crippen LogP contribution is 2.13. The first-order chi connectivity index (χ1) is 6.47. The number of carboxylic acid groups (broad SMARTS) is 1. The standard InChI is InChI=1S/C7H9NO5S/c1-2-8-14(11,12)6-4-3-5(13-6)7(9)10/h3-4,8H,2H2,1H3,(H,9,10). The van der Waals surface area contributed by atoms with Crippen molar-refractivity contribution in [1.82, 2.24) is 4.72 Å². The fraction of sp³-hybridized carbons (Fsp3) is 0.286. The summed E-state index contributed by atoms with van der Waals surface area (Å²) in [5.74, 6) is -1.70. The van der Waals surface area contributed by atoms with E-state index in [-0.39, 0.29) is 6.54 Å². The molecular weight excluding hydrogens is 210 g/mol. The van der Waals surface area contributed by atoms with Crippen molar-refractivity contribution in [3.63, 3.8) is 0 Å². The minimum absolute atomic E-state index is 0.214. The molecule has 0 aliphatic heterocycles. The van der Waals surface area contributed by atoms with Crippen LogP contribution in [0.2, 0.25) is 0 Å². The molecule has 1 aromatic heterocycles. The van der Waals surface area contributed by atoms with Gasteiger partial charge in [-0.05, 0) is 12.1 Å². The van der Waals surface area contributed by atoms with Gasteiger partial charge in [0, 0.05) is 6.54 Å². The Morgan fingerprint density at radius 1 is 1.57 bits per heavy atom. The largest absolute Gasteiger partial charge is 0.475 e. The third-order valence-electron chi connectivity index (χ3n) is 1.39. The Labute approximate surface area is 80.6 Å². The van der Waals surface area contributed by atoms with E-state index >= 15 is 0 Å². The summed E-state index contributed by atoms with van der Waals surface area (Å²) in [6, 6.07) is 2.19. The minimum atomic E-state index is -3.70. The lowest BCUT2D eigenvalue weighted by Crippen LogP contribution is -2.22. The molecule has 0 unspecified atom stereocenters. The molecule has 0 fully saturated rings. The Morgan fingerprint density at radius 3 is 2.64 bits per heavy atom. The summed E-state index contributed by atoms with van der Waals surface area (Å²) in [6.45, 7) is 1.82. The molecule has 1 rings (SSSR count). The predicted molar refractivity (Wildman–Crippen MR) is 46.5 cm³/mol. The molecule has 0 aliphatic rings. The van der Waals surface area contributed by atoms with Gasteiger partial charge in [0.25, 0.3) is 10.0 Å². The van der Waals surface area contributed by atoms with Crippen molar-refractivity contribution in [2.45, 2.75) is 12.0 Å². The van der Waals surface area contributed by atoms with Crippen molar-refractivity contribution in [3.8, 4) is 0 Å². The number of furan rings is 1. The van der Waals surface area contributed by atoms with Gasteiger partial charge in [-0.3, -0.25) is 0 Å². The fourth-order valence-electron chi connectivity index (χ4n) is 0.841. The zero-order valence-corrected chi connectivity index (χ0v) is 8.17. The molecule has 1 heterocycles. The maximum absolute atomic E-state index is 11.3. The van der Waals surface area contributed by atoms with Crippen LogP contribution in [0.15, 0.2) is 21.6 Å². The van der Waals surface area contributed by atoms with Crippen LogP contribution in [0.4, 0.5) is 0 Å². The number of rotatable bonds is 4. The van der Waals surface area contributed by atoms with Gasteiger partial charge in [-0.1, -0.05) is 6.92 Å². The van der Waals surface area contributed by atoms with E-state index in [0.717, 1.165) is 12.1 Å². The Kier molecular flexibility index (Phi) is 2.92. The minimum Gasteiger partial charge on any atom is -0.475 e. The highest BCUT2D eigenvalue weighted by Gasteiger charge is 2.19. The van der Waals surface area contributed by atoms with Gasteiger partial charge in [0.05, 0.1) is 0 Å². The first kappa shape index (κ1) is 10.7. The van der Waals surface area contributed by atoms with Crippen molar-refractivity contribution < 1.29 is 22.7 Å². The number of nitrogens with one attached hydrogen (secondary N) is 1. The molecular formula is C7H9NO5S. The lowest BCUT2D eigenvalue weighted by Gasteiger charge is -1.98. The van der Waals surface area contributed by atoms with Crippen LogP contribution in [0.25, 0.3) is 0 Å². The molecule has 0 saturated carbocycles. The molecule has 0 aliphatic carbocycles. The zero-order valence-electron chi connectivity index (χ0n) is 7.35. The zero-order chi connectivity index (χ0) is 10.8. The van der Waals surface area contributed by atoms with E-state index in [1.807, 2.05) is 0 Å². The van der Waals surface area contributed by atoms with Crippen molar-refractivity contribution in [2.75, 3.05) is 6.54 Å². The van der Waals surface area contributed by atoms with Gasteiger partial charge in [-0.25, -0.2) is 17.9 Å². The molecule has 2 N–H and O–H groups in total. The van der Waals surface area contributed by atoms with E-state index in [2.05, 4.69) is 9.14 Å². The van der Waals surface area contributed by atoms with Gasteiger partial charge in [0.1, 0.15) is 0 Å². The molecule has 1 aromatic rings. The molecule has 0 bridgehead atoms. The fourth-order valence-corrected chi connectivity index (χ4v) is 1.81. The van der Waals surface area contributed by atoms with E-state index in [0.29, 0.717) is 0 Å². The number of hydrogen-bond donors (Lipinski definition) is 2. The molecule has 0 radical (unpaired) electrons. The average molecular weight is 219 g/mol. The molecule has 14 heavy (non-hydrogen) atoms. The lowest BCUT2D eigenvalue weighted by atomic mass is 10.5. The third kappa shape index (κ3) is 2.12. The second-order valence-electron chi connectivity index (χ2n) is 2.43. The van der Waals surface area contributed by atoms with Crippen molar-refractivity contribution >= 4 is 16.0 Å². The number of sulfonamides is 1. The first-order valence-electron chi connectivity index (χ1n) is 3.80. The van der Waals surface area contributed by atoms with Crippen molar-refractivity contribution in [2.24, 2.45) is 0 Å². The van der Waals surface area contributed by atoms with Crippen LogP contribution in [-0.4, -0.2) is 26.0 Å². The summed E-state index contributed by atoms with van der Waals surface area (Å²) in [6.07, 6.45) is 0. The van der Waals surface area contributed by atoms with Crippen LogP contribution in [0.5, 0.6) is 0 Å². The summed E-state index contributed by atoms with van der Waals surface area (Å²) in [7, 11) is -3.70. The average Bonchev–Trinajstić information content (AvgIpc) is 2.51. The summed E-state index contributed by atoms with van der Waals surface area (Å²) < 4.78 is 29.3. The maximum Gasteiger partial charge on any atom is 0.371 e. The van der Waals surface area contributed by atoms with E-state index in [9.17, 15) is 13.2 Å². The van der Waals surface area contributed by atoms with E-state index in [1.165, 1.54) is 0 Å². The Balaban J connectivity index is 3.03. The van der Waals surface area contributed by atoms with E-state index < -0.39 is 26.8 Å². The lowest BCUT2D eigenvalue weighted by molar-refractivity contribution is 0.0656. The topological polar surface area (TPSA) is 96.6 Å². The van der Waals surface area contributed by atoms with Gasteiger partial charge in [-0.15, -0.1) is 0 Å². The van der Waals surface area contributed by atoms with E-state index in [1.54, 1.807) is 6.92 Å². The van der Waals surface area contributed by atoms with Crippen LogP contribution < -0.4 is 4.72 Å². The normalized spacial score (nSPS) is 11.5. The molecule has 7 heteroatoms. The van der Waals surface area contributed by atoms with Crippen LogP contribution in [0.3, 0.4) is 0 Å². The monoisotopic (exact) mass is 219 g/mol. The van der Waals surface area contributed by atoms with Crippen LogP contribution in [0.1, 0.15) is 17.5 Å². The Hall–Kier alpha value is -1.34. The molecule has 0 amide bonds. The Morgan fingerprint density at radius 2 is 2.21 bits per heavy atom. The van der Waals surface area contributed by atoms with Crippen molar-refractivity contribution in [1.29, 1.82) is 0 Å². The van der Waals surface area contributed by atoms with Gasteiger partial charge >= 0.3 is 5.97 Å². The number of carbonyl (C=O) groups is 1. The van der Waals surface area contributed by atoms with Crippen molar-refractivity contribution in [3.05, 3.63) is 17.9 Å². The molecule has 0 atom stereocenters. The third-order valence-corrected chi connectivity index (χ3v) is 2.81. The summed E-state index contributed by atoms with van der Waals surface area (Å²) in [5, 5.41) is 8.09. The second kappa shape index (κ2) is 3.81. The quantitative estimate of drug-likeness (QED) is 0.757.